The van der Waals surface area contributed by atoms with Crippen LogP contribution in [0.1, 0.15) is 0 Å². The van der Waals surface area contributed by atoms with E-state index in [-0.39, 0.29) is 0 Å². The normalized spacial score (nSPS) is 11.8. The van der Waals surface area contributed by atoms with Crippen LogP contribution in [-0.2, 0) is 0 Å². The number of furan rings is 2. The fourth-order valence-corrected chi connectivity index (χ4v) is 7.52. The minimum Gasteiger partial charge on any atom is -0.455 e. The summed E-state index contributed by atoms with van der Waals surface area (Å²) in [4.78, 5) is 0. The zero-order valence-corrected chi connectivity index (χ0v) is 26.0. The van der Waals surface area contributed by atoms with Crippen LogP contribution in [0.15, 0.2) is 179 Å². The highest BCUT2D eigenvalue weighted by Gasteiger charge is 2.19. The van der Waals surface area contributed by atoms with Crippen LogP contribution in [0, 0.1) is 0 Å². The predicted molar refractivity (Wildman–Crippen MR) is 200 cm³/mol. The van der Waals surface area contributed by atoms with Crippen molar-refractivity contribution in [2.75, 3.05) is 0 Å². The third-order valence-corrected chi connectivity index (χ3v) is 9.68. The van der Waals surface area contributed by atoms with E-state index in [4.69, 9.17) is 8.83 Å². The van der Waals surface area contributed by atoms with E-state index < -0.39 is 0 Å². The number of hydrogen-bond acceptors (Lipinski definition) is 2. The minimum absolute atomic E-state index is 0.826. The highest BCUT2D eigenvalue weighted by molar-refractivity contribution is 6.22. The van der Waals surface area contributed by atoms with Crippen molar-refractivity contribution < 1.29 is 8.83 Å². The lowest BCUT2D eigenvalue weighted by Gasteiger charge is -2.18. The molecular formula is C46H28O2. The van der Waals surface area contributed by atoms with Crippen molar-refractivity contribution in [3.05, 3.63) is 170 Å². The van der Waals surface area contributed by atoms with Gasteiger partial charge >= 0.3 is 0 Å². The van der Waals surface area contributed by atoms with Gasteiger partial charge in [-0.1, -0.05) is 152 Å². The molecule has 0 unspecified atom stereocenters. The van der Waals surface area contributed by atoms with E-state index in [0.717, 1.165) is 55.4 Å². The summed E-state index contributed by atoms with van der Waals surface area (Å²) in [6.45, 7) is 0. The summed E-state index contributed by atoms with van der Waals surface area (Å²) in [5.74, 6) is 0.857. The quantitative estimate of drug-likeness (QED) is 0.185. The van der Waals surface area contributed by atoms with Crippen molar-refractivity contribution in [1.29, 1.82) is 0 Å². The zero-order chi connectivity index (χ0) is 31.6. The Morgan fingerprint density at radius 1 is 0.333 bits per heavy atom. The van der Waals surface area contributed by atoms with Gasteiger partial charge in [0.05, 0.1) is 5.39 Å². The van der Waals surface area contributed by atoms with Crippen LogP contribution in [0.5, 0.6) is 0 Å². The lowest BCUT2D eigenvalue weighted by Crippen LogP contribution is -1.90. The smallest absolute Gasteiger partial charge is 0.146 e. The molecule has 0 bridgehead atoms. The first-order chi connectivity index (χ1) is 23.8. The van der Waals surface area contributed by atoms with Crippen LogP contribution < -0.4 is 0 Å². The first kappa shape index (κ1) is 26.8. The SMILES string of the molecule is c1ccc(-c2cc3ccc4oc5c(-c6ccc(-c7c8ccccc8c(-c8ccccc8)c8ccccc78)cc6)cccc5c4c3o2)cc1. The maximum absolute atomic E-state index is 6.59. The number of para-hydroxylation sites is 1. The fourth-order valence-electron chi connectivity index (χ4n) is 7.52. The second kappa shape index (κ2) is 10.6. The van der Waals surface area contributed by atoms with Crippen molar-refractivity contribution in [1.82, 2.24) is 0 Å². The van der Waals surface area contributed by atoms with Crippen molar-refractivity contribution in [2.45, 2.75) is 0 Å². The van der Waals surface area contributed by atoms with E-state index in [0.29, 0.717) is 0 Å². The summed E-state index contributed by atoms with van der Waals surface area (Å²) < 4.78 is 13.1. The minimum atomic E-state index is 0.826. The van der Waals surface area contributed by atoms with E-state index in [1.807, 2.05) is 18.2 Å². The molecule has 0 aliphatic rings. The van der Waals surface area contributed by atoms with Gasteiger partial charge in [-0.3, -0.25) is 0 Å². The summed E-state index contributed by atoms with van der Waals surface area (Å²) in [6.07, 6.45) is 0. The van der Waals surface area contributed by atoms with Gasteiger partial charge in [0, 0.05) is 21.9 Å². The Balaban J connectivity index is 1.13. The first-order valence-electron chi connectivity index (χ1n) is 16.3. The van der Waals surface area contributed by atoms with Gasteiger partial charge in [-0.05, 0) is 67.6 Å². The van der Waals surface area contributed by atoms with E-state index in [9.17, 15) is 0 Å². The summed E-state index contributed by atoms with van der Waals surface area (Å²) in [7, 11) is 0. The predicted octanol–water partition coefficient (Wildman–Crippen LogP) is 13.3. The van der Waals surface area contributed by atoms with E-state index in [1.54, 1.807) is 0 Å². The van der Waals surface area contributed by atoms with E-state index in [1.165, 1.54) is 43.8 Å². The van der Waals surface area contributed by atoms with Crippen molar-refractivity contribution >= 4 is 54.5 Å². The molecule has 2 heterocycles. The van der Waals surface area contributed by atoms with Crippen LogP contribution >= 0.6 is 0 Å². The largest absolute Gasteiger partial charge is 0.455 e. The molecule has 0 fully saturated rings. The molecular weight excluding hydrogens is 585 g/mol. The number of fused-ring (bicyclic) bond motifs is 7. The average Bonchev–Trinajstić information content (AvgIpc) is 3.77. The molecule has 2 heteroatoms. The lowest BCUT2D eigenvalue weighted by molar-refractivity contribution is 0.633. The Labute approximate surface area is 277 Å². The summed E-state index contributed by atoms with van der Waals surface area (Å²) in [5.41, 5.74) is 10.7. The van der Waals surface area contributed by atoms with Gasteiger partial charge in [-0.2, -0.15) is 0 Å². The Kier molecular flexibility index (Phi) is 5.91. The summed E-state index contributed by atoms with van der Waals surface area (Å²) in [6, 6.07) is 60.2. The van der Waals surface area contributed by atoms with Gasteiger partial charge in [-0.15, -0.1) is 0 Å². The van der Waals surface area contributed by atoms with Crippen LogP contribution in [0.3, 0.4) is 0 Å². The number of hydrogen-bond donors (Lipinski definition) is 0. The first-order valence-corrected chi connectivity index (χ1v) is 16.3. The molecule has 0 amide bonds. The zero-order valence-electron chi connectivity index (χ0n) is 26.0. The molecule has 0 aliphatic heterocycles. The van der Waals surface area contributed by atoms with Gasteiger partial charge in [0.1, 0.15) is 22.5 Å². The molecule has 0 N–H and O–H groups in total. The molecule has 0 spiro atoms. The fraction of sp³-hybridized carbons (Fsp3) is 0. The Morgan fingerprint density at radius 2 is 0.854 bits per heavy atom. The molecule has 0 saturated heterocycles. The topological polar surface area (TPSA) is 26.3 Å². The second-order valence-corrected chi connectivity index (χ2v) is 12.4. The van der Waals surface area contributed by atoms with Gasteiger partial charge in [0.2, 0.25) is 0 Å². The molecule has 0 saturated carbocycles. The van der Waals surface area contributed by atoms with E-state index >= 15 is 0 Å². The van der Waals surface area contributed by atoms with Crippen molar-refractivity contribution in [3.8, 4) is 44.7 Å². The Bertz CT molecular complexity index is 2750. The summed E-state index contributed by atoms with van der Waals surface area (Å²) in [5, 5.41) is 8.15. The lowest BCUT2D eigenvalue weighted by atomic mass is 9.85. The molecule has 2 nitrogen and oxygen atoms in total. The molecule has 0 aliphatic carbocycles. The molecule has 0 atom stereocenters. The molecule has 48 heavy (non-hydrogen) atoms. The van der Waals surface area contributed by atoms with Crippen LogP contribution in [-0.4, -0.2) is 0 Å². The molecule has 224 valence electrons. The third-order valence-electron chi connectivity index (χ3n) is 9.68. The van der Waals surface area contributed by atoms with Crippen LogP contribution in [0.2, 0.25) is 0 Å². The van der Waals surface area contributed by atoms with Crippen molar-refractivity contribution in [2.24, 2.45) is 0 Å². The standard InChI is InChI=1S/C46H28O2/c1-3-12-30(13-4-1)41-28-33-26-27-40-44(45(33)48-41)39-21-11-20-34(46(39)47-40)29-22-24-32(25-23-29)43-37-18-9-7-16-35(37)42(31-14-5-2-6-15-31)36-17-8-10-19-38(36)43/h1-28H. The molecule has 8 aromatic carbocycles. The Morgan fingerprint density at radius 3 is 1.48 bits per heavy atom. The van der Waals surface area contributed by atoms with Crippen LogP contribution in [0.25, 0.3) is 99.2 Å². The van der Waals surface area contributed by atoms with E-state index in [2.05, 4.69) is 152 Å². The van der Waals surface area contributed by atoms with Gasteiger partial charge in [0.15, 0.2) is 0 Å². The summed E-state index contributed by atoms with van der Waals surface area (Å²) >= 11 is 0. The highest BCUT2D eigenvalue weighted by Crippen LogP contribution is 2.45. The molecule has 2 aromatic heterocycles. The van der Waals surface area contributed by atoms with Gasteiger partial charge in [-0.25, -0.2) is 0 Å². The highest BCUT2D eigenvalue weighted by atomic mass is 16.3. The molecule has 0 radical (unpaired) electrons. The van der Waals surface area contributed by atoms with Crippen LogP contribution in [0.4, 0.5) is 0 Å². The van der Waals surface area contributed by atoms with Gasteiger partial charge < -0.3 is 8.83 Å². The average molecular weight is 613 g/mol. The van der Waals surface area contributed by atoms with Crippen molar-refractivity contribution in [3.63, 3.8) is 0 Å². The number of rotatable bonds is 4. The maximum atomic E-state index is 6.59. The van der Waals surface area contributed by atoms with Gasteiger partial charge in [0.25, 0.3) is 0 Å². The second-order valence-electron chi connectivity index (χ2n) is 12.4. The third kappa shape index (κ3) is 4.06. The Hall–Kier alpha value is -6.38. The number of benzene rings is 8. The monoisotopic (exact) mass is 612 g/mol. The molecule has 10 rings (SSSR count). The molecule has 10 aromatic rings. The maximum Gasteiger partial charge on any atom is 0.146 e.